The van der Waals surface area contributed by atoms with E-state index in [0.29, 0.717) is 0 Å². The Labute approximate surface area is 113 Å². The molecule has 0 heterocycles. The van der Waals surface area contributed by atoms with Crippen molar-refractivity contribution in [2.24, 2.45) is 0 Å². The number of hydrogen-bond donors (Lipinski definition) is 2. The van der Waals surface area contributed by atoms with Gasteiger partial charge in [0, 0.05) is 0 Å². The summed E-state index contributed by atoms with van der Waals surface area (Å²) in [5, 5.41) is 2.17. The minimum Gasteiger partial charge on any atom is -0.398 e. The molecule has 0 aliphatic carbocycles. The quantitative estimate of drug-likeness (QED) is 0.829. The van der Waals surface area contributed by atoms with Crippen molar-refractivity contribution in [1.82, 2.24) is 0 Å². The number of carbonyl (C=O) groups excluding carboxylic acids is 1. The van der Waals surface area contributed by atoms with Crippen molar-refractivity contribution >= 4 is 28.9 Å². The maximum Gasteiger partial charge on any atom is 0.257 e. The van der Waals surface area contributed by atoms with Gasteiger partial charge in [0.1, 0.15) is 17.3 Å². The molecular formula is C13H9ClF2N2O. The molecule has 0 unspecified atom stereocenters. The first-order valence-corrected chi connectivity index (χ1v) is 5.68. The zero-order valence-electron chi connectivity index (χ0n) is 9.58. The van der Waals surface area contributed by atoms with Gasteiger partial charge in [-0.15, -0.1) is 0 Å². The molecule has 98 valence electrons. The molecule has 19 heavy (non-hydrogen) atoms. The summed E-state index contributed by atoms with van der Waals surface area (Å²) in [5.41, 5.74) is 5.29. The molecular weight excluding hydrogens is 274 g/mol. The summed E-state index contributed by atoms with van der Waals surface area (Å²) >= 11 is 5.86. The van der Waals surface area contributed by atoms with Crippen LogP contribution in [0.2, 0.25) is 5.02 Å². The van der Waals surface area contributed by atoms with Crippen LogP contribution in [0, 0.1) is 11.6 Å². The number of amides is 1. The molecule has 0 atom stereocenters. The van der Waals surface area contributed by atoms with Crippen LogP contribution in [-0.4, -0.2) is 5.91 Å². The Balaban J connectivity index is 2.34. The molecule has 0 aliphatic heterocycles. The lowest BCUT2D eigenvalue weighted by atomic mass is 10.2. The molecule has 6 heteroatoms. The van der Waals surface area contributed by atoms with E-state index >= 15 is 0 Å². The van der Waals surface area contributed by atoms with Crippen LogP contribution in [0.4, 0.5) is 20.2 Å². The van der Waals surface area contributed by atoms with Gasteiger partial charge in [0.05, 0.1) is 16.3 Å². The van der Waals surface area contributed by atoms with E-state index in [2.05, 4.69) is 5.32 Å². The molecule has 3 N–H and O–H groups in total. The fourth-order valence-electron chi connectivity index (χ4n) is 1.52. The fourth-order valence-corrected chi connectivity index (χ4v) is 1.74. The number of nitrogen functional groups attached to an aromatic ring is 1. The first-order chi connectivity index (χ1) is 9.00. The van der Waals surface area contributed by atoms with Gasteiger partial charge in [-0.05, 0) is 24.3 Å². The second kappa shape index (κ2) is 5.24. The highest BCUT2D eigenvalue weighted by atomic mass is 35.5. The lowest BCUT2D eigenvalue weighted by molar-refractivity contribution is 0.102. The Bertz CT molecular complexity index is 626. The van der Waals surface area contributed by atoms with Crippen molar-refractivity contribution in [1.29, 1.82) is 0 Å². The number of para-hydroxylation sites is 1. The number of hydrogen-bond acceptors (Lipinski definition) is 2. The second-order valence-electron chi connectivity index (χ2n) is 3.76. The highest BCUT2D eigenvalue weighted by Gasteiger charge is 2.16. The lowest BCUT2D eigenvalue weighted by Gasteiger charge is -2.09. The first kappa shape index (κ1) is 13.3. The number of nitrogens with one attached hydrogen (secondary N) is 1. The predicted octanol–water partition coefficient (Wildman–Crippen LogP) is 3.45. The SMILES string of the molecule is Nc1cccc(C(=O)Nc2c(F)cccc2F)c1Cl. The summed E-state index contributed by atoms with van der Waals surface area (Å²) in [6, 6.07) is 7.73. The minimum atomic E-state index is -0.867. The highest BCUT2D eigenvalue weighted by Crippen LogP contribution is 2.25. The first-order valence-electron chi connectivity index (χ1n) is 5.30. The molecule has 3 nitrogen and oxygen atoms in total. The van der Waals surface area contributed by atoms with Crippen molar-refractivity contribution in [2.45, 2.75) is 0 Å². The largest absolute Gasteiger partial charge is 0.398 e. The average molecular weight is 283 g/mol. The molecule has 0 spiro atoms. The van der Waals surface area contributed by atoms with E-state index < -0.39 is 23.2 Å². The van der Waals surface area contributed by atoms with Gasteiger partial charge in [-0.25, -0.2) is 8.78 Å². The van der Waals surface area contributed by atoms with E-state index in [0.717, 1.165) is 12.1 Å². The van der Waals surface area contributed by atoms with Crippen LogP contribution in [0.25, 0.3) is 0 Å². The zero-order chi connectivity index (χ0) is 14.0. The monoisotopic (exact) mass is 282 g/mol. The van der Waals surface area contributed by atoms with Crippen molar-refractivity contribution in [3.05, 3.63) is 58.6 Å². The van der Waals surface area contributed by atoms with Crippen LogP contribution >= 0.6 is 11.6 Å². The third-order valence-corrected chi connectivity index (χ3v) is 2.90. The highest BCUT2D eigenvalue weighted by molar-refractivity contribution is 6.36. The van der Waals surface area contributed by atoms with E-state index in [1.54, 1.807) is 0 Å². The van der Waals surface area contributed by atoms with Gasteiger partial charge in [-0.2, -0.15) is 0 Å². The Morgan fingerprint density at radius 3 is 2.32 bits per heavy atom. The van der Waals surface area contributed by atoms with Crippen molar-refractivity contribution in [3.63, 3.8) is 0 Å². The summed E-state index contributed by atoms with van der Waals surface area (Å²) in [6.07, 6.45) is 0. The van der Waals surface area contributed by atoms with Crippen molar-refractivity contribution in [2.75, 3.05) is 11.1 Å². The van der Waals surface area contributed by atoms with Gasteiger partial charge in [-0.3, -0.25) is 4.79 Å². The third-order valence-electron chi connectivity index (χ3n) is 2.47. The summed E-state index contributed by atoms with van der Waals surface area (Å²) in [4.78, 5) is 11.9. The molecule has 0 aromatic heterocycles. The molecule has 0 bridgehead atoms. The standard InChI is InChI=1S/C13H9ClF2N2O/c14-11-7(3-1-6-10(11)17)13(19)18-12-8(15)4-2-5-9(12)16/h1-6H,17H2,(H,18,19). The number of benzene rings is 2. The average Bonchev–Trinajstić information content (AvgIpc) is 2.37. The summed E-state index contributed by atoms with van der Waals surface area (Å²) in [6.45, 7) is 0. The molecule has 0 saturated heterocycles. The van der Waals surface area contributed by atoms with Crippen LogP contribution < -0.4 is 11.1 Å². The van der Waals surface area contributed by atoms with Gasteiger partial charge in [0.2, 0.25) is 0 Å². The van der Waals surface area contributed by atoms with E-state index in [4.69, 9.17) is 17.3 Å². The Hall–Kier alpha value is -2.14. The third kappa shape index (κ3) is 2.66. The Morgan fingerprint density at radius 2 is 1.68 bits per heavy atom. The number of carbonyl (C=O) groups is 1. The van der Waals surface area contributed by atoms with Gasteiger partial charge in [0.15, 0.2) is 0 Å². The smallest absolute Gasteiger partial charge is 0.257 e. The van der Waals surface area contributed by atoms with E-state index in [1.807, 2.05) is 0 Å². The maximum absolute atomic E-state index is 13.4. The van der Waals surface area contributed by atoms with E-state index in [9.17, 15) is 13.6 Å². The molecule has 0 aliphatic rings. The molecule has 2 aromatic carbocycles. The van der Waals surface area contributed by atoms with Gasteiger partial charge in [0.25, 0.3) is 5.91 Å². The number of anilines is 2. The van der Waals surface area contributed by atoms with Crippen LogP contribution in [-0.2, 0) is 0 Å². The van der Waals surface area contributed by atoms with Crippen LogP contribution in [0.3, 0.4) is 0 Å². The van der Waals surface area contributed by atoms with Gasteiger partial charge in [-0.1, -0.05) is 23.7 Å². The molecule has 2 rings (SSSR count). The summed E-state index contributed by atoms with van der Waals surface area (Å²) in [5.74, 6) is -2.47. The molecule has 1 amide bonds. The minimum absolute atomic E-state index is 0.0387. The number of rotatable bonds is 2. The second-order valence-corrected chi connectivity index (χ2v) is 4.14. The molecule has 2 aromatic rings. The lowest BCUT2D eigenvalue weighted by Crippen LogP contribution is -2.15. The molecule has 0 saturated carbocycles. The Kier molecular flexibility index (Phi) is 3.66. The topological polar surface area (TPSA) is 55.1 Å². The van der Waals surface area contributed by atoms with Crippen molar-refractivity contribution in [3.8, 4) is 0 Å². The molecule has 0 radical (unpaired) electrons. The fraction of sp³-hybridized carbons (Fsp3) is 0. The van der Waals surface area contributed by atoms with Crippen LogP contribution in [0.1, 0.15) is 10.4 Å². The molecule has 0 fully saturated rings. The van der Waals surface area contributed by atoms with Crippen LogP contribution in [0.15, 0.2) is 36.4 Å². The number of halogens is 3. The van der Waals surface area contributed by atoms with E-state index in [-0.39, 0.29) is 16.3 Å². The Morgan fingerprint density at radius 1 is 1.11 bits per heavy atom. The predicted molar refractivity (Wildman–Crippen MR) is 70.2 cm³/mol. The zero-order valence-corrected chi connectivity index (χ0v) is 10.3. The van der Waals surface area contributed by atoms with Crippen molar-refractivity contribution < 1.29 is 13.6 Å². The van der Waals surface area contributed by atoms with E-state index in [1.165, 1.54) is 24.3 Å². The normalized spacial score (nSPS) is 10.3. The maximum atomic E-state index is 13.4. The summed E-state index contributed by atoms with van der Waals surface area (Å²) < 4.78 is 26.8. The van der Waals surface area contributed by atoms with Gasteiger partial charge < -0.3 is 11.1 Å². The van der Waals surface area contributed by atoms with Crippen LogP contribution in [0.5, 0.6) is 0 Å². The summed E-state index contributed by atoms with van der Waals surface area (Å²) in [7, 11) is 0. The number of nitrogens with two attached hydrogens (primary N) is 1. The van der Waals surface area contributed by atoms with Gasteiger partial charge >= 0.3 is 0 Å².